The summed E-state index contributed by atoms with van der Waals surface area (Å²) in [6.07, 6.45) is 1.34. The van der Waals surface area contributed by atoms with Gasteiger partial charge in [0.2, 0.25) is 0 Å². The Morgan fingerprint density at radius 1 is 1.44 bits per heavy atom. The molecule has 0 radical (unpaired) electrons. The van der Waals surface area contributed by atoms with Crippen LogP contribution in [0, 0.1) is 0 Å². The van der Waals surface area contributed by atoms with Gasteiger partial charge in [0, 0.05) is 20.3 Å². The molecule has 2 aromatic rings. The van der Waals surface area contributed by atoms with E-state index in [0.717, 1.165) is 8.66 Å². The maximum atomic E-state index is 11.1. The monoisotopic (exact) mass is 327 g/mol. The van der Waals surface area contributed by atoms with E-state index < -0.39 is 5.97 Å². The van der Waals surface area contributed by atoms with Crippen molar-refractivity contribution in [1.82, 2.24) is 9.97 Å². The van der Waals surface area contributed by atoms with Crippen molar-refractivity contribution in [3.63, 3.8) is 0 Å². The highest BCUT2D eigenvalue weighted by molar-refractivity contribution is 9.11. The molecule has 7 heteroatoms. The fourth-order valence-corrected chi connectivity index (χ4v) is 2.75. The molecule has 2 rings (SSSR count). The molecule has 0 aromatic carbocycles. The largest absolute Gasteiger partial charge is 0.477 e. The number of anilines is 1. The lowest BCUT2D eigenvalue weighted by atomic mass is 10.3. The standard InChI is InChI=1S/C11H10BrN3O2S/c1-15(2)10-6(11(16)17)5-13-9(14-10)7-3-4-8(12)18-7/h3-5H,1-2H3,(H,16,17). The number of nitrogens with zero attached hydrogens (tertiary/aromatic N) is 3. The van der Waals surface area contributed by atoms with E-state index in [9.17, 15) is 4.79 Å². The molecule has 2 heterocycles. The number of carboxylic acid groups (broad SMARTS) is 1. The maximum Gasteiger partial charge on any atom is 0.341 e. The van der Waals surface area contributed by atoms with Crippen molar-refractivity contribution in [2.75, 3.05) is 19.0 Å². The van der Waals surface area contributed by atoms with Gasteiger partial charge in [0.05, 0.1) is 8.66 Å². The second-order valence-electron chi connectivity index (χ2n) is 3.73. The van der Waals surface area contributed by atoms with Crippen LogP contribution < -0.4 is 4.90 Å². The van der Waals surface area contributed by atoms with Crippen LogP contribution in [-0.2, 0) is 0 Å². The minimum Gasteiger partial charge on any atom is -0.477 e. The van der Waals surface area contributed by atoms with Crippen LogP contribution in [0.25, 0.3) is 10.7 Å². The average Bonchev–Trinajstić information content (AvgIpc) is 2.75. The fraction of sp³-hybridized carbons (Fsp3) is 0.182. The lowest BCUT2D eigenvalue weighted by Crippen LogP contribution is -2.16. The molecule has 0 atom stereocenters. The van der Waals surface area contributed by atoms with Gasteiger partial charge in [-0.2, -0.15) is 0 Å². The first-order chi connectivity index (χ1) is 8.49. The molecule has 0 aliphatic heterocycles. The van der Waals surface area contributed by atoms with Gasteiger partial charge in [-0.1, -0.05) is 0 Å². The fourth-order valence-electron chi connectivity index (χ4n) is 1.42. The van der Waals surface area contributed by atoms with E-state index >= 15 is 0 Å². The number of carbonyl (C=O) groups is 1. The smallest absolute Gasteiger partial charge is 0.341 e. The Bertz CT molecular complexity index is 598. The molecule has 0 saturated carbocycles. The minimum absolute atomic E-state index is 0.0966. The summed E-state index contributed by atoms with van der Waals surface area (Å²) >= 11 is 4.87. The molecule has 0 spiro atoms. The van der Waals surface area contributed by atoms with E-state index in [2.05, 4.69) is 25.9 Å². The highest BCUT2D eigenvalue weighted by atomic mass is 79.9. The van der Waals surface area contributed by atoms with Crippen molar-refractivity contribution in [3.05, 3.63) is 27.7 Å². The second kappa shape index (κ2) is 5.03. The van der Waals surface area contributed by atoms with Gasteiger partial charge in [0.1, 0.15) is 11.4 Å². The zero-order valence-corrected chi connectivity index (χ0v) is 12.1. The summed E-state index contributed by atoms with van der Waals surface area (Å²) in [5.74, 6) is -0.103. The molecule has 18 heavy (non-hydrogen) atoms. The number of halogens is 1. The summed E-state index contributed by atoms with van der Waals surface area (Å²) in [6.45, 7) is 0. The van der Waals surface area contributed by atoms with Crippen LogP contribution >= 0.6 is 27.3 Å². The van der Waals surface area contributed by atoms with Gasteiger partial charge in [-0.15, -0.1) is 11.3 Å². The van der Waals surface area contributed by atoms with Crippen molar-refractivity contribution in [2.45, 2.75) is 0 Å². The zero-order valence-electron chi connectivity index (χ0n) is 9.72. The summed E-state index contributed by atoms with van der Waals surface area (Å²) in [6, 6.07) is 3.80. The summed E-state index contributed by atoms with van der Waals surface area (Å²) in [4.78, 5) is 22.0. The van der Waals surface area contributed by atoms with Crippen LogP contribution in [0.5, 0.6) is 0 Å². The Balaban J connectivity index is 2.53. The van der Waals surface area contributed by atoms with Gasteiger partial charge in [-0.05, 0) is 28.1 Å². The third-order valence-electron chi connectivity index (χ3n) is 2.22. The molecule has 0 bridgehead atoms. The zero-order chi connectivity index (χ0) is 13.3. The number of aromatic carboxylic acids is 1. The molecule has 5 nitrogen and oxygen atoms in total. The summed E-state index contributed by atoms with van der Waals surface area (Å²) in [5.41, 5.74) is 0.0966. The third-order valence-corrected chi connectivity index (χ3v) is 3.84. The van der Waals surface area contributed by atoms with Gasteiger partial charge in [-0.3, -0.25) is 0 Å². The van der Waals surface area contributed by atoms with E-state index in [1.165, 1.54) is 17.5 Å². The number of aromatic nitrogens is 2. The predicted octanol–water partition coefficient (Wildman–Crippen LogP) is 2.73. The molecular weight excluding hydrogens is 318 g/mol. The second-order valence-corrected chi connectivity index (χ2v) is 6.20. The van der Waals surface area contributed by atoms with Crippen molar-refractivity contribution in [2.24, 2.45) is 0 Å². The normalized spacial score (nSPS) is 10.4. The molecule has 0 aliphatic rings. The van der Waals surface area contributed by atoms with Crippen LogP contribution in [0.3, 0.4) is 0 Å². The highest BCUT2D eigenvalue weighted by Gasteiger charge is 2.16. The topological polar surface area (TPSA) is 66.3 Å². The van der Waals surface area contributed by atoms with Crippen molar-refractivity contribution in [1.29, 1.82) is 0 Å². The first-order valence-corrected chi connectivity index (χ1v) is 6.63. The van der Waals surface area contributed by atoms with E-state index in [1.54, 1.807) is 19.0 Å². The molecule has 0 fully saturated rings. The first kappa shape index (κ1) is 13.0. The van der Waals surface area contributed by atoms with Crippen LogP contribution in [0.4, 0.5) is 5.82 Å². The molecular formula is C11H10BrN3O2S. The summed E-state index contributed by atoms with van der Waals surface area (Å²) in [7, 11) is 3.51. The van der Waals surface area contributed by atoms with Crippen molar-refractivity contribution >= 4 is 39.1 Å². The molecule has 2 aromatic heterocycles. The highest BCUT2D eigenvalue weighted by Crippen LogP contribution is 2.30. The predicted molar refractivity (Wildman–Crippen MR) is 74.3 cm³/mol. The summed E-state index contributed by atoms with van der Waals surface area (Å²) < 4.78 is 0.981. The number of hydrogen-bond donors (Lipinski definition) is 1. The molecule has 94 valence electrons. The lowest BCUT2D eigenvalue weighted by molar-refractivity contribution is 0.0697. The van der Waals surface area contributed by atoms with Crippen molar-refractivity contribution in [3.8, 4) is 10.7 Å². The van der Waals surface area contributed by atoms with E-state index in [0.29, 0.717) is 11.6 Å². The number of carboxylic acids is 1. The Morgan fingerprint density at radius 3 is 2.67 bits per heavy atom. The molecule has 1 N–H and O–H groups in total. The Labute approximate surface area is 116 Å². The van der Waals surface area contributed by atoms with Gasteiger partial charge in [0.15, 0.2) is 5.82 Å². The molecule has 0 unspecified atom stereocenters. The van der Waals surface area contributed by atoms with Crippen LogP contribution in [0.15, 0.2) is 22.1 Å². The Morgan fingerprint density at radius 2 is 2.17 bits per heavy atom. The quantitative estimate of drug-likeness (QED) is 0.938. The van der Waals surface area contributed by atoms with Gasteiger partial charge < -0.3 is 10.0 Å². The Kier molecular flexibility index (Phi) is 3.63. The number of rotatable bonds is 3. The summed E-state index contributed by atoms with van der Waals surface area (Å²) in [5, 5.41) is 9.07. The Hall–Kier alpha value is -1.47. The maximum absolute atomic E-state index is 11.1. The number of hydrogen-bond acceptors (Lipinski definition) is 5. The first-order valence-electron chi connectivity index (χ1n) is 5.02. The van der Waals surface area contributed by atoms with Crippen LogP contribution in [0.2, 0.25) is 0 Å². The molecule has 0 aliphatic carbocycles. The van der Waals surface area contributed by atoms with Gasteiger partial charge in [-0.25, -0.2) is 14.8 Å². The van der Waals surface area contributed by atoms with Crippen molar-refractivity contribution < 1.29 is 9.90 Å². The SMILES string of the molecule is CN(C)c1nc(-c2ccc(Br)s2)ncc1C(=O)O. The third kappa shape index (κ3) is 2.51. The minimum atomic E-state index is -1.03. The van der Waals surface area contributed by atoms with E-state index in [4.69, 9.17) is 5.11 Å². The number of thiophene rings is 1. The van der Waals surface area contributed by atoms with Gasteiger partial charge in [0.25, 0.3) is 0 Å². The van der Waals surface area contributed by atoms with E-state index in [-0.39, 0.29) is 5.56 Å². The average molecular weight is 328 g/mol. The van der Waals surface area contributed by atoms with Crippen LogP contribution in [-0.4, -0.2) is 35.1 Å². The lowest BCUT2D eigenvalue weighted by Gasteiger charge is -2.14. The van der Waals surface area contributed by atoms with Gasteiger partial charge >= 0.3 is 5.97 Å². The van der Waals surface area contributed by atoms with Crippen LogP contribution in [0.1, 0.15) is 10.4 Å². The van der Waals surface area contributed by atoms with E-state index in [1.807, 2.05) is 12.1 Å². The molecule has 0 saturated heterocycles. The molecule has 0 amide bonds.